The minimum absolute atomic E-state index is 0.153. The number of nitrogens with one attached hydrogen (secondary N) is 2. The zero-order valence-electron chi connectivity index (χ0n) is 15.1. The molecule has 23 heavy (non-hydrogen) atoms. The van der Waals surface area contributed by atoms with Crippen LogP contribution in [-0.4, -0.2) is 49.1 Å². The SMILES string of the molecule is CCNC(=NCCNC(C)(C)C)N1CCC(c2ccccc2)C1. The summed E-state index contributed by atoms with van der Waals surface area (Å²) in [6.45, 7) is 13.5. The molecule has 2 N–H and O–H groups in total. The monoisotopic (exact) mass is 316 g/mol. The molecule has 4 nitrogen and oxygen atoms in total. The molecule has 1 fully saturated rings. The quantitative estimate of drug-likeness (QED) is 0.498. The summed E-state index contributed by atoms with van der Waals surface area (Å²) in [4.78, 5) is 7.20. The molecule has 2 rings (SSSR count). The molecule has 4 heteroatoms. The maximum atomic E-state index is 4.80. The number of hydrogen-bond donors (Lipinski definition) is 2. The average Bonchev–Trinajstić information content (AvgIpc) is 3.00. The predicted molar refractivity (Wildman–Crippen MR) is 99.1 cm³/mol. The van der Waals surface area contributed by atoms with Crippen molar-refractivity contribution >= 4 is 5.96 Å². The van der Waals surface area contributed by atoms with Gasteiger partial charge in [-0.05, 0) is 39.7 Å². The molecular formula is C19H32N4. The molecule has 0 aliphatic carbocycles. The third kappa shape index (κ3) is 5.87. The number of guanidine groups is 1. The number of aliphatic imine (C=N–C) groups is 1. The van der Waals surface area contributed by atoms with Gasteiger partial charge in [-0.2, -0.15) is 0 Å². The largest absolute Gasteiger partial charge is 0.357 e. The van der Waals surface area contributed by atoms with Gasteiger partial charge >= 0.3 is 0 Å². The zero-order chi connectivity index (χ0) is 16.7. The van der Waals surface area contributed by atoms with E-state index < -0.39 is 0 Å². The number of rotatable bonds is 5. The lowest BCUT2D eigenvalue weighted by atomic mass is 9.99. The van der Waals surface area contributed by atoms with Crippen molar-refractivity contribution in [3.63, 3.8) is 0 Å². The Labute approximate surface area is 141 Å². The van der Waals surface area contributed by atoms with Gasteiger partial charge in [0, 0.05) is 37.6 Å². The molecule has 1 aromatic carbocycles. The molecule has 1 atom stereocenters. The molecule has 1 heterocycles. The first kappa shape index (κ1) is 17.8. The van der Waals surface area contributed by atoms with E-state index in [2.05, 4.69) is 73.6 Å². The van der Waals surface area contributed by atoms with Crippen LogP contribution in [0.1, 0.15) is 45.6 Å². The van der Waals surface area contributed by atoms with Gasteiger partial charge in [0.25, 0.3) is 0 Å². The zero-order valence-corrected chi connectivity index (χ0v) is 15.1. The summed E-state index contributed by atoms with van der Waals surface area (Å²) in [5.41, 5.74) is 1.60. The molecule has 0 radical (unpaired) electrons. The van der Waals surface area contributed by atoms with E-state index in [-0.39, 0.29) is 5.54 Å². The van der Waals surface area contributed by atoms with E-state index in [9.17, 15) is 0 Å². The van der Waals surface area contributed by atoms with Gasteiger partial charge < -0.3 is 15.5 Å². The highest BCUT2D eigenvalue weighted by molar-refractivity contribution is 5.80. The fraction of sp³-hybridized carbons (Fsp3) is 0.632. The fourth-order valence-electron chi connectivity index (χ4n) is 2.97. The summed E-state index contributed by atoms with van der Waals surface area (Å²) in [5.74, 6) is 1.68. The number of hydrogen-bond acceptors (Lipinski definition) is 2. The molecule has 1 unspecified atom stereocenters. The second-order valence-electron chi connectivity index (χ2n) is 7.25. The van der Waals surface area contributed by atoms with Crippen molar-refractivity contribution in [2.45, 2.75) is 45.6 Å². The van der Waals surface area contributed by atoms with Crippen LogP contribution < -0.4 is 10.6 Å². The van der Waals surface area contributed by atoms with Crippen LogP contribution in [0.25, 0.3) is 0 Å². The Bertz CT molecular complexity index is 490. The van der Waals surface area contributed by atoms with Crippen LogP contribution in [0.3, 0.4) is 0 Å². The molecule has 1 aliphatic heterocycles. The molecule has 1 aliphatic rings. The van der Waals surface area contributed by atoms with Gasteiger partial charge in [0.05, 0.1) is 6.54 Å². The van der Waals surface area contributed by atoms with Gasteiger partial charge in [-0.15, -0.1) is 0 Å². The summed E-state index contributed by atoms with van der Waals surface area (Å²) < 4.78 is 0. The topological polar surface area (TPSA) is 39.7 Å². The Morgan fingerprint density at radius 2 is 2.00 bits per heavy atom. The Morgan fingerprint density at radius 3 is 2.65 bits per heavy atom. The minimum atomic E-state index is 0.153. The van der Waals surface area contributed by atoms with Crippen molar-refractivity contribution in [2.24, 2.45) is 4.99 Å². The lowest BCUT2D eigenvalue weighted by Gasteiger charge is -2.23. The van der Waals surface area contributed by atoms with Crippen LogP contribution in [-0.2, 0) is 0 Å². The van der Waals surface area contributed by atoms with E-state index in [4.69, 9.17) is 4.99 Å². The first-order chi connectivity index (χ1) is 11.0. The van der Waals surface area contributed by atoms with E-state index in [0.29, 0.717) is 5.92 Å². The Kier molecular flexibility index (Phi) is 6.46. The van der Waals surface area contributed by atoms with Crippen LogP contribution in [0.2, 0.25) is 0 Å². The van der Waals surface area contributed by atoms with E-state index in [1.165, 1.54) is 12.0 Å². The Hall–Kier alpha value is -1.55. The Balaban J connectivity index is 1.91. The van der Waals surface area contributed by atoms with Crippen LogP contribution in [0.15, 0.2) is 35.3 Å². The summed E-state index contributed by atoms with van der Waals surface area (Å²) in [6.07, 6.45) is 1.20. The van der Waals surface area contributed by atoms with Crippen molar-refractivity contribution in [3.05, 3.63) is 35.9 Å². The van der Waals surface area contributed by atoms with Crippen LogP contribution in [0, 0.1) is 0 Å². The molecule has 0 saturated carbocycles. The van der Waals surface area contributed by atoms with E-state index in [1.54, 1.807) is 0 Å². The lowest BCUT2D eigenvalue weighted by molar-refractivity contribution is 0.430. The summed E-state index contributed by atoms with van der Waals surface area (Å²) in [5, 5.41) is 6.93. The average molecular weight is 316 g/mol. The van der Waals surface area contributed by atoms with Gasteiger partial charge in [0.2, 0.25) is 0 Å². The van der Waals surface area contributed by atoms with E-state index >= 15 is 0 Å². The predicted octanol–water partition coefficient (Wildman–Crippen LogP) is 2.83. The van der Waals surface area contributed by atoms with Crippen molar-refractivity contribution in [1.82, 2.24) is 15.5 Å². The van der Waals surface area contributed by atoms with Crippen molar-refractivity contribution in [2.75, 3.05) is 32.7 Å². The summed E-state index contributed by atoms with van der Waals surface area (Å²) in [6, 6.07) is 10.8. The van der Waals surface area contributed by atoms with Gasteiger partial charge in [0.1, 0.15) is 0 Å². The van der Waals surface area contributed by atoms with Gasteiger partial charge in [-0.3, -0.25) is 4.99 Å². The molecule has 0 amide bonds. The maximum Gasteiger partial charge on any atom is 0.193 e. The third-order valence-electron chi connectivity index (χ3n) is 4.12. The van der Waals surface area contributed by atoms with Crippen LogP contribution >= 0.6 is 0 Å². The van der Waals surface area contributed by atoms with Gasteiger partial charge in [-0.25, -0.2) is 0 Å². The molecular weight excluding hydrogens is 284 g/mol. The Morgan fingerprint density at radius 1 is 1.26 bits per heavy atom. The summed E-state index contributed by atoms with van der Waals surface area (Å²) in [7, 11) is 0. The first-order valence-corrected chi connectivity index (χ1v) is 8.83. The lowest BCUT2D eigenvalue weighted by Crippen LogP contribution is -2.41. The normalized spacial score (nSPS) is 19.2. The van der Waals surface area contributed by atoms with Crippen molar-refractivity contribution in [1.29, 1.82) is 0 Å². The highest BCUT2D eigenvalue weighted by atomic mass is 15.3. The standard InChI is InChI=1S/C19H32N4/c1-5-20-18(21-12-13-22-19(2,3)4)23-14-11-17(15-23)16-9-7-6-8-10-16/h6-10,17,22H,5,11-15H2,1-4H3,(H,20,21). The second-order valence-corrected chi connectivity index (χ2v) is 7.25. The molecule has 1 saturated heterocycles. The van der Waals surface area contributed by atoms with Crippen LogP contribution in [0.5, 0.6) is 0 Å². The summed E-state index contributed by atoms with van der Waals surface area (Å²) >= 11 is 0. The highest BCUT2D eigenvalue weighted by Gasteiger charge is 2.25. The molecule has 0 aromatic heterocycles. The number of benzene rings is 1. The van der Waals surface area contributed by atoms with Crippen LogP contribution in [0.4, 0.5) is 0 Å². The number of nitrogens with zero attached hydrogens (tertiary/aromatic N) is 2. The minimum Gasteiger partial charge on any atom is -0.357 e. The molecule has 0 bridgehead atoms. The number of likely N-dealkylation sites (tertiary alicyclic amines) is 1. The van der Waals surface area contributed by atoms with Gasteiger partial charge in [0.15, 0.2) is 5.96 Å². The van der Waals surface area contributed by atoms with Crippen molar-refractivity contribution in [3.8, 4) is 0 Å². The van der Waals surface area contributed by atoms with Gasteiger partial charge in [-0.1, -0.05) is 30.3 Å². The maximum absolute atomic E-state index is 4.80. The molecule has 128 valence electrons. The first-order valence-electron chi connectivity index (χ1n) is 8.83. The smallest absolute Gasteiger partial charge is 0.193 e. The van der Waals surface area contributed by atoms with E-state index in [1.807, 2.05) is 0 Å². The fourth-order valence-corrected chi connectivity index (χ4v) is 2.97. The highest BCUT2D eigenvalue weighted by Crippen LogP contribution is 2.26. The molecule has 1 aromatic rings. The molecule has 0 spiro atoms. The third-order valence-corrected chi connectivity index (χ3v) is 4.12. The van der Waals surface area contributed by atoms with E-state index in [0.717, 1.165) is 38.7 Å². The second kappa shape index (κ2) is 8.34. The van der Waals surface area contributed by atoms with Crippen molar-refractivity contribution < 1.29 is 0 Å².